The number of fused-ring (bicyclic) bond motifs is 1. The van der Waals surface area contributed by atoms with E-state index in [1.165, 1.54) is 35.2 Å². The van der Waals surface area contributed by atoms with Gasteiger partial charge in [0.1, 0.15) is 16.5 Å². The van der Waals surface area contributed by atoms with E-state index in [0.717, 1.165) is 21.2 Å². The topological polar surface area (TPSA) is 78.8 Å². The minimum absolute atomic E-state index is 0.350. The number of aromatic nitrogens is 4. The van der Waals surface area contributed by atoms with E-state index in [1.54, 1.807) is 13.3 Å². The van der Waals surface area contributed by atoms with Crippen molar-refractivity contribution < 1.29 is 13.5 Å². The standard InChI is InChI=1S/C19H17F2N5OS2/c1-27-6-5-26-17(16-15(22)14-3-2-4-23-18(14)29-16)24-25-19(26)28-10-11-7-12(20)9-13(21)8-11/h2-4,7-9H,5-6,10,22H2,1H3. The number of halogens is 2. The lowest BCUT2D eigenvalue weighted by Crippen LogP contribution is -2.07. The fourth-order valence-corrected chi connectivity index (χ4v) is 4.86. The molecule has 4 aromatic rings. The van der Waals surface area contributed by atoms with Crippen LogP contribution in [0.15, 0.2) is 41.7 Å². The van der Waals surface area contributed by atoms with Crippen LogP contribution in [0.4, 0.5) is 14.5 Å². The van der Waals surface area contributed by atoms with Crippen LogP contribution in [0.3, 0.4) is 0 Å². The van der Waals surface area contributed by atoms with Crippen molar-refractivity contribution in [3.8, 4) is 10.7 Å². The van der Waals surface area contributed by atoms with Gasteiger partial charge in [0.05, 0.1) is 23.7 Å². The highest BCUT2D eigenvalue weighted by atomic mass is 32.2. The van der Waals surface area contributed by atoms with E-state index in [0.29, 0.717) is 41.1 Å². The molecule has 0 fully saturated rings. The Morgan fingerprint density at radius 3 is 2.72 bits per heavy atom. The lowest BCUT2D eigenvalue weighted by atomic mass is 10.2. The maximum Gasteiger partial charge on any atom is 0.191 e. The number of anilines is 1. The van der Waals surface area contributed by atoms with Crippen molar-refractivity contribution in [2.75, 3.05) is 19.5 Å². The second kappa shape index (κ2) is 8.44. The van der Waals surface area contributed by atoms with Gasteiger partial charge in [0.25, 0.3) is 0 Å². The van der Waals surface area contributed by atoms with E-state index in [-0.39, 0.29) is 0 Å². The molecule has 150 valence electrons. The van der Waals surface area contributed by atoms with Crippen LogP contribution in [0, 0.1) is 11.6 Å². The summed E-state index contributed by atoms with van der Waals surface area (Å²) in [5, 5.41) is 10.1. The number of nitrogens with zero attached hydrogens (tertiary/aromatic N) is 4. The van der Waals surface area contributed by atoms with Crippen molar-refractivity contribution in [3.05, 3.63) is 53.7 Å². The maximum atomic E-state index is 13.5. The van der Waals surface area contributed by atoms with Gasteiger partial charge in [-0.1, -0.05) is 11.8 Å². The number of ether oxygens (including phenoxy) is 1. The van der Waals surface area contributed by atoms with E-state index < -0.39 is 11.6 Å². The third-order valence-electron chi connectivity index (χ3n) is 4.23. The molecule has 4 rings (SSSR count). The number of nitrogen functional groups attached to an aromatic ring is 1. The Kier molecular flexibility index (Phi) is 5.74. The minimum atomic E-state index is -0.604. The molecule has 29 heavy (non-hydrogen) atoms. The average molecular weight is 434 g/mol. The molecule has 0 aliphatic heterocycles. The van der Waals surface area contributed by atoms with Crippen LogP contribution >= 0.6 is 23.1 Å². The Morgan fingerprint density at radius 2 is 2.00 bits per heavy atom. The SMILES string of the molecule is COCCn1c(SCc2cc(F)cc(F)c2)nnc1-c1sc2ncccc2c1N. The zero-order valence-electron chi connectivity index (χ0n) is 15.4. The lowest BCUT2D eigenvalue weighted by molar-refractivity contribution is 0.185. The molecule has 2 N–H and O–H groups in total. The largest absolute Gasteiger partial charge is 0.397 e. The van der Waals surface area contributed by atoms with Crippen LogP contribution in [0.5, 0.6) is 0 Å². The Labute approximate surface area is 173 Å². The molecule has 3 aromatic heterocycles. The zero-order chi connectivity index (χ0) is 20.4. The Balaban J connectivity index is 1.68. The van der Waals surface area contributed by atoms with Crippen LogP contribution in [-0.2, 0) is 17.0 Å². The first-order valence-corrected chi connectivity index (χ1v) is 10.5. The molecule has 0 aliphatic rings. The highest BCUT2D eigenvalue weighted by molar-refractivity contribution is 7.98. The number of hydrogen-bond donors (Lipinski definition) is 1. The number of pyridine rings is 1. The van der Waals surface area contributed by atoms with Gasteiger partial charge in [-0.25, -0.2) is 13.8 Å². The van der Waals surface area contributed by atoms with Crippen molar-refractivity contribution in [2.24, 2.45) is 0 Å². The van der Waals surface area contributed by atoms with Crippen molar-refractivity contribution >= 4 is 39.0 Å². The number of thioether (sulfide) groups is 1. The van der Waals surface area contributed by atoms with Gasteiger partial charge in [-0.15, -0.1) is 21.5 Å². The van der Waals surface area contributed by atoms with E-state index in [2.05, 4.69) is 15.2 Å². The van der Waals surface area contributed by atoms with Gasteiger partial charge in [-0.05, 0) is 29.8 Å². The summed E-state index contributed by atoms with van der Waals surface area (Å²) < 4.78 is 34.0. The Morgan fingerprint density at radius 1 is 1.21 bits per heavy atom. The molecule has 1 aromatic carbocycles. The Bertz CT molecular complexity index is 1140. The van der Waals surface area contributed by atoms with Gasteiger partial charge in [0.2, 0.25) is 0 Å². The highest BCUT2D eigenvalue weighted by Crippen LogP contribution is 2.40. The highest BCUT2D eigenvalue weighted by Gasteiger charge is 2.20. The summed E-state index contributed by atoms with van der Waals surface area (Å²) in [7, 11) is 1.62. The van der Waals surface area contributed by atoms with Gasteiger partial charge in [-0.2, -0.15) is 0 Å². The third-order valence-corrected chi connectivity index (χ3v) is 6.40. The minimum Gasteiger partial charge on any atom is -0.397 e. The first-order valence-electron chi connectivity index (χ1n) is 8.70. The first-order chi connectivity index (χ1) is 14.1. The van der Waals surface area contributed by atoms with Crippen LogP contribution < -0.4 is 5.73 Å². The summed E-state index contributed by atoms with van der Waals surface area (Å²) in [5.41, 5.74) is 7.48. The number of hydrogen-bond acceptors (Lipinski definition) is 7. The summed E-state index contributed by atoms with van der Waals surface area (Å²) in [6.45, 7) is 0.968. The molecule has 0 saturated carbocycles. The fourth-order valence-electron chi connectivity index (χ4n) is 2.91. The van der Waals surface area contributed by atoms with Gasteiger partial charge < -0.3 is 10.5 Å². The number of methoxy groups -OCH3 is 1. The van der Waals surface area contributed by atoms with Crippen molar-refractivity contribution in [3.63, 3.8) is 0 Å². The number of rotatable bonds is 7. The van der Waals surface area contributed by atoms with E-state index in [4.69, 9.17) is 10.5 Å². The van der Waals surface area contributed by atoms with E-state index in [9.17, 15) is 8.78 Å². The first kappa shape index (κ1) is 19.7. The Hall–Kier alpha value is -2.56. The van der Waals surface area contributed by atoms with Gasteiger partial charge in [0.15, 0.2) is 11.0 Å². The molecule has 0 spiro atoms. The van der Waals surface area contributed by atoms with Crippen LogP contribution in [0.2, 0.25) is 0 Å². The second-order valence-corrected chi connectivity index (χ2v) is 8.16. The molecule has 0 bridgehead atoms. The smallest absolute Gasteiger partial charge is 0.191 e. The summed E-state index contributed by atoms with van der Waals surface area (Å²) in [6.07, 6.45) is 1.72. The van der Waals surface area contributed by atoms with Crippen LogP contribution in [-0.4, -0.2) is 33.5 Å². The molecule has 0 amide bonds. The molecule has 10 heteroatoms. The van der Waals surface area contributed by atoms with Crippen molar-refractivity contribution in [2.45, 2.75) is 17.5 Å². The zero-order valence-corrected chi connectivity index (χ0v) is 17.1. The molecule has 3 heterocycles. The monoisotopic (exact) mass is 433 g/mol. The predicted octanol–water partition coefficient (Wildman–Crippen LogP) is 4.35. The lowest BCUT2D eigenvalue weighted by Gasteiger charge is -2.09. The van der Waals surface area contributed by atoms with Gasteiger partial charge in [-0.3, -0.25) is 4.57 Å². The summed E-state index contributed by atoms with van der Waals surface area (Å²) in [4.78, 5) is 5.97. The molecule has 0 atom stereocenters. The average Bonchev–Trinajstić information content (AvgIpc) is 3.25. The second-order valence-electron chi connectivity index (χ2n) is 6.22. The van der Waals surface area contributed by atoms with Crippen LogP contribution in [0.25, 0.3) is 20.9 Å². The number of benzene rings is 1. The van der Waals surface area contributed by atoms with E-state index >= 15 is 0 Å². The summed E-state index contributed by atoms with van der Waals surface area (Å²) in [6, 6.07) is 7.22. The van der Waals surface area contributed by atoms with Crippen molar-refractivity contribution in [1.82, 2.24) is 19.7 Å². The van der Waals surface area contributed by atoms with Gasteiger partial charge >= 0.3 is 0 Å². The third kappa shape index (κ3) is 4.09. The molecular weight excluding hydrogens is 416 g/mol. The maximum absolute atomic E-state index is 13.5. The molecular formula is C19H17F2N5OS2. The number of nitrogens with two attached hydrogens (primary N) is 1. The molecule has 0 aliphatic carbocycles. The van der Waals surface area contributed by atoms with Crippen LogP contribution in [0.1, 0.15) is 5.56 Å². The fraction of sp³-hybridized carbons (Fsp3) is 0.211. The van der Waals surface area contributed by atoms with E-state index in [1.807, 2.05) is 16.7 Å². The van der Waals surface area contributed by atoms with Crippen molar-refractivity contribution in [1.29, 1.82) is 0 Å². The molecule has 6 nitrogen and oxygen atoms in total. The predicted molar refractivity (Wildman–Crippen MR) is 111 cm³/mol. The quantitative estimate of drug-likeness (QED) is 0.437. The molecule has 0 unspecified atom stereocenters. The summed E-state index contributed by atoms with van der Waals surface area (Å²) >= 11 is 2.79. The number of thiophene rings is 1. The van der Waals surface area contributed by atoms with Gasteiger partial charge in [0, 0.05) is 30.5 Å². The normalized spacial score (nSPS) is 11.4. The summed E-state index contributed by atoms with van der Waals surface area (Å²) in [5.74, 6) is -0.237. The molecule has 0 radical (unpaired) electrons. The molecule has 0 saturated heterocycles.